The number of nitrogens with one attached hydrogen (secondary N) is 2. The van der Waals surface area contributed by atoms with Crippen LogP contribution < -0.4 is 10.6 Å². The van der Waals surface area contributed by atoms with Crippen LogP contribution in [0.5, 0.6) is 0 Å². The number of hydrogen-bond acceptors (Lipinski definition) is 8. The van der Waals surface area contributed by atoms with Crippen LogP contribution in [0.15, 0.2) is 0 Å². The molecule has 2 N–H and O–H groups in total. The molecule has 0 spiro atoms. The van der Waals surface area contributed by atoms with Crippen LogP contribution in [0.2, 0.25) is 0 Å². The number of carbonyl (C=O) groups excluding carboxylic acids is 2. The molecule has 12 heteroatoms. The van der Waals surface area contributed by atoms with E-state index in [0.717, 1.165) is 12.5 Å². The summed E-state index contributed by atoms with van der Waals surface area (Å²) in [6.07, 6.45) is 1.61. The van der Waals surface area contributed by atoms with Crippen molar-refractivity contribution in [1.29, 1.82) is 0 Å². The number of rotatable bonds is 6. The van der Waals surface area contributed by atoms with Gasteiger partial charge in [-0.25, -0.2) is 0 Å². The van der Waals surface area contributed by atoms with Crippen LogP contribution in [-0.2, 0) is 38.2 Å². The van der Waals surface area contributed by atoms with Gasteiger partial charge >= 0.3 is 0 Å². The number of carbonyl (C=O) groups is 2. The van der Waals surface area contributed by atoms with Crippen molar-refractivity contribution in [1.82, 2.24) is 10.6 Å². The molecule has 2 unspecified atom stereocenters. The maximum absolute atomic E-state index is 11.6. The van der Waals surface area contributed by atoms with Gasteiger partial charge in [-0.05, 0) is 0 Å². The van der Waals surface area contributed by atoms with Gasteiger partial charge in [0.15, 0.2) is 0 Å². The third-order valence-corrected chi connectivity index (χ3v) is 3.29. The zero-order valence-corrected chi connectivity index (χ0v) is 12.3. The first-order valence-electron chi connectivity index (χ1n) is 5.27. The predicted octanol–water partition coefficient (Wildman–Crippen LogP) is -3.08. The fourth-order valence-corrected chi connectivity index (χ4v) is 2.06. The lowest BCUT2D eigenvalue weighted by Gasteiger charge is -2.28. The van der Waals surface area contributed by atoms with Gasteiger partial charge in [0.05, 0.1) is 25.7 Å². The van der Waals surface area contributed by atoms with E-state index in [2.05, 4.69) is 19.0 Å². The Labute approximate surface area is 116 Å². The summed E-state index contributed by atoms with van der Waals surface area (Å²) < 4.78 is 52.0. The molecule has 116 valence electrons. The highest BCUT2D eigenvalue weighted by molar-refractivity contribution is 7.86. The molecule has 1 heterocycles. The molecule has 1 saturated heterocycles. The molecule has 1 fully saturated rings. The number of hydrogen-bond donors (Lipinski definition) is 2. The Morgan fingerprint density at radius 2 is 1.15 bits per heavy atom. The van der Waals surface area contributed by atoms with Gasteiger partial charge < -0.3 is 10.6 Å². The van der Waals surface area contributed by atoms with E-state index in [1.54, 1.807) is 0 Å². The van der Waals surface area contributed by atoms with Crippen molar-refractivity contribution in [3.05, 3.63) is 0 Å². The van der Waals surface area contributed by atoms with Crippen LogP contribution in [0.3, 0.4) is 0 Å². The van der Waals surface area contributed by atoms with Crippen molar-refractivity contribution >= 4 is 32.1 Å². The fourth-order valence-electron chi connectivity index (χ4n) is 1.29. The molecule has 0 aliphatic carbocycles. The third kappa shape index (κ3) is 5.81. The predicted molar refractivity (Wildman–Crippen MR) is 65.5 cm³/mol. The van der Waals surface area contributed by atoms with Crippen LogP contribution in [0.25, 0.3) is 0 Å². The third-order valence-electron chi connectivity index (χ3n) is 2.16. The summed E-state index contributed by atoms with van der Waals surface area (Å²) in [6.45, 7) is -1.09. The highest BCUT2D eigenvalue weighted by atomic mass is 32.2. The maximum Gasteiger partial charge on any atom is 0.264 e. The zero-order chi connectivity index (χ0) is 15.6. The molecule has 0 aromatic heterocycles. The molecule has 2 amide bonds. The van der Waals surface area contributed by atoms with Crippen molar-refractivity contribution in [2.75, 3.05) is 25.7 Å². The molecular weight excluding hydrogens is 316 g/mol. The van der Waals surface area contributed by atoms with E-state index < -0.39 is 57.3 Å². The lowest BCUT2D eigenvalue weighted by Crippen LogP contribution is -2.64. The molecule has 10 nitrogen and oxygen atoms in total. The second-order valence-corrected chi connectivity index (χ2v) is 7.39. The molecule has 0 aromatic rings. The van der Waals surface area contributed by atoms with Crippen molar-refractivity contribution in [2.24, 2.45) is 0 Å². The fraction of sp³-hybridized carbons (Fsp3) is 0.750. The van der Waals surface area contributed by atoms with Crippen LogP contribution >= 0.6 is 0 Å². The summed E-state index contributed by atoms with van der Waals surface area (Å²) in [4.78, 5) is 23.2. The second-order valence-electron chi connectivity index (χ2n) is 4.10. The molecule has 0 radical (unpaired) electrons. The first kappa shape index (κ1) is 16.8. The summed E-state index contributed by atoms with van der Waals surface area (Å²) in [5.74, 6) is -1.40. The lowest BCUT2D eigenvalue weighted by atomic mass is 10.1. The Morgan fingerprint density at radius 1 is 0.850 bits per heavy atom. The van der Waals surface area contributed by atoms with E-state index >= 15 is 0 Å². The topological polar surface area (TPSA) is 145 Å². The van der Waals surface area contributed by atoms with E-state index in [-0.39, 0.29) is 0 Å². The standard InChI is InChI=1S/C8H14N2O8S2/c1-19(13,14)17-3-5-7(11)10-6(8(12)9-5)4-18-20(2,15)16/h5-6H,3-4H2,1-2H3,(H,9,12)(H,10,11). The highest BCUT2D eigenvalue weighted by Crippen LogP contribution is 2.02. The van der Waals surface area contributed by atoms with Crippen molar-refractivity contribution in [2.45, 2.75) is 12.1 Å². The normalized spacial score (nSPS) is 24.1. The van der Waals surface area contributed by atoms with E-state index in [1.807, 2.05) is 0 Å². The quantitative estimate of drug-likeness (QED) is 0.488. The largest absolute Gasteiger partial charge is 0.340 e. The van der Waals surface area contributed by atoms with Gasteiger partial charge in [-0.15, -0.1) is 0 Å². The average molecular weight is 330 g/mol. The summed E-state index contributed by atoms with van der Waals surface area (Å²) in [5, 5.41) is 4.42. The van der Waals surface area contributed by atoms with Gasteiger partial charge in [-0.1, -0.05) is 0 Å². The molecule has 1 aliphatic heterocycles. The van der Waals surface area contributed by atoms with E-state index in [9.17, 15) is 26.4 Å². The Bertz CT molecular complexity index is 542. The van der Waals surface area contributed by atoms with Gasteiger partial charge in [-0.2, -0.15) is 16.8 Å². The minimum absolute atomic E-state index is 0.546. The summed E-state index contributed by atoms with van der Waals surface area (Å²) in [7, 11) is -7.49. The van der Waals surface area contributed by atoms with Gasteiger partial charge in [0, 0.05) is 0 Å². The van der Waals surface area contributed by atoms with Gasteiger partial charge in [0.25, 0.3) is 20.2 Å². The molecule has 2 atom stereocenters. The van der Waals surface area contributed by atoms with Gasteiger partial charge in [-0.3, -0.25) is 18.0 Å². The Balaban J connectivity index is 2.58. The first-order valence-corrected chi connectivity index (χ1v) is 8.91. The lowest BCUT2D eigenvalue weighted by molar-refractivity contribution is -0.138. The van der Waals surface area contributed by atoms with Crippen LogP contribution in [0.4, 0.5) is 0 Å². The zero-order valence-electron chi connectivity index (χ0n) is 10.7. The van der Waals surface area contributed by atoms with Crippen LogP contribution in [0.1, 0.15) is 0 Å². The Morgan fingerprint density at radius 3 is 1.40 bits per heavy atom. The Hall–Kier alpha value is -1.24. The van der Waals surface area contributed by atoms with Crippen molar-refractivity contribution in [3.63, 3.8) is 0 Å². The van der Waals surface area contributed by atoms with Crippen LogP contribution in [0, 0.1) is 0 Å². The number of piperazine rings is 1. The SMILES string of the molecule is CS(=O)(=O)OCC1NC(=O)C(COS(C)(=O)=O)NC1=O. The van der Waals surface area contributed by atoms with E-state index in [4.69, 9.17) is 0 Å². The smallest absolute Gasteiger partial charge is 0.264 e. The first-order chi connectivity index (χ1) is 8.98. The molecule has 1 aliphatic rings. The molecular formula is C8H14N2O8S2. The molecule has 0 aromatic carbocycles. The van der Waals surface area contributed by atoms with Crippen molar-refractivity contribution in [3.8, 4) is 0 Å². The second kappa shape index (κ2) is 6.03. The van der Waals surface area contributed by atoms with Gasteiger partial charge in [0.1, 0.15) is 12.1 Å². The number of amides is 2. The minimum atomic E-state index is -3.74. The molecule has 20 heavy (non-hydrogen) atoms. The highest BCUT2D eigenvalue weighted by Gasteiger charge is 2.35. The summed E-state index contributed by atoms with van der Waals surface area (Å²) >= 11 is 0. The molecule has 0 bridgehead atoms. The maximum atomic E-state index is 11.6. The monoisotopic (exact) mass is 330 g/mol. The average Bonchev–Trinajstić information content (AvgIpc) is 2.25. The van der Waals surface area contributed by atoms with E-state index in [0.29, 0.717) is 0 Å². The minimum Gasteiger partial charge on any atom is -0.340 e. The summed E-state index contributed by atoms with van der Waals surface area (Å²) in [5.41, 5.74) is 0. The molecule has 0 saturated carbocycles. The van der Waals surface area contributed by atoms with E-state index in [1.165, 1.54) is 0 Å². The van der Waals surface area contributed by atoms with Crippen LogP contribution in [-0.4, -0.2) is 66.5 Å². The van der Waals surface area contributed by atoms with Crippen molar-refractivity contribution < 1.29 is 34.8 Å². The summed E-state index contributed by atoms with van der Waals surface area (Å²) in [6, 6.07) is -2.35. The van der Waals surface area contributed by atoms with Gasteiger partial charge in [0.2, 0.25) is 11.8 Å². The Kier molecular flexibility index (Phi) is 5.07. The molecule has 1 rings (SSSR count).